The SMILES string of the molecule is CCn1c(=S)[nH]c2c(=O)[nH]cnc21. The van der Waals surface area contributed by atoms with Crippen molar-refractivity contribution in [2.45, 2.75) is 13.5 Å². The first-order valence-electron chi connectivity index (χ1n) is 3.90. The lowest BCUT2D eigenvalue weighted by atomic mass is 10.5. The summed E-state index contributed by atoms with van der Waals surface area (Å²) in [5, 5.41) is 0. The van der Waals surface area contributed by atoms with Crippen molar-refractivity contribution in [2.75, 3.05) is 0 Å². The molecular formula is C7H8N4OS. The second-order valence-corrected chi connectivity index (χ2v) is 2.99. The zero-order valence-electron chi connectivity index (χ0n) is 7.00. The van der Waals surface area contributed by atoms with Gasteiger partial charge < -0.3 is 14.5 Å². The molecule has 68 valence electrons. The third-order valence-corrected chi connectivity index (χ3v) is 2.20. The van der Waals surface area contributed by atoms with E-state index >= 15 is 0 Å². The van der Waals surface area contributed by atoms with Gasteiger partial charge in [-0.2, -0.15) is 0 Å². The highest BCUT2D eigenvalue weighted by atomic mass is 32.1. The first kappa shape index (κ1) is 8.18. The monoisotopic (exact) mass is 196 g/mol. The number of aromatic amines is 2. The predicted octanol–water partition coefficient (Wildman–Crippen LogP) is 0.802. The lowest BCUT2D eigenvalue weighted by Crippen LogP contribution is -2.07. The highest BCUT2D eigenvalue weighted by molar-refractivity contribution is 7.71. The minimum atomic E-state index is -0.191. The lowest BCUT2D eigenvalue weighted by Gasteiger charge is -1.95. The van der Waals surface area contributed by atoms with Crippen molar-refractivity contribution < 1.29 is 0 Å². The Morgan fingerprint density at radius 3 is 3.15 bits per heavy atom. The summed E-state index contributed by atoms with van der Waals surface area (Å²) < 4.78 is 2.31. The van der Waals surface area contributed by atoms with Crippen molar-refractivity contribution in [3.8, 4) is 0 Å². The zero-order chi connectivity index (χ0) is 9.42. The van der Waals surface area contributed by atoms with E-state index < -0.39 is 0 Å². The van der Waals surface area contributed by atoms with E-state index in [1.54, 1.807) is 4.57 Å². The molecule has 2 aromatic rings. The van der Waals surface area contributed by atoms with Gasteiger partial charge in [-0.25, -0.2) is 4.98 Å². The molecule has 2 rings (SSSR count). The molecule has 0 aliphatic heterocycles. The summed E-state index contributed by atoms with van der Waals surface area (Å²) in [4.78, 5) is 20.6. The van der Waals surface area contributed by atoms with Crippen molar-refractivity contribution in [1.29, 1.82) is 0 Å². The molecule has 0 saturated heterocycles. The van der Waals surface area contributed by atoms with Crippen LogP contribution in [0, 0.1) is 4.77 Å². The van der Waals surface area contributed by atoms with E-state index in [1.807, 2.05) is 6.92 Å². The molecule has 0 fully saturated rings. The average molecular weight is 196 g/mol. The predicted molar refractivity (Wildman–Crippen MR) is 51.2 cm³/mol. The molecule has 5 nitrogen and oxygen atoms in total. The van der Waals surface area contributed by atoms with E-state index in [2.05, 4.69) is 15.0 Å². The standard InChI is InChI=1S/C7H8N4OS/c1-2-11-5-4(10-7(11)13)6(12)9-3-8-5/h3H,2H2,1H3,(H,10,13)(H,8,9,12). The van der Waals surface area contributed by atoms with E-state index in [-0.39, 0.29) is 5.56 Å². The normalized spacial score (nSPS) is 10.8. The van der Waals surface area contributed by atoms with Gasteiger partial charge in [0.05, 0.1) is 6.33 Å². The highest BCUT2D eigenvalue weighted by Crippen LogP contribution is 2.04. The molecule has 0 aliphatic rings. The van der Waals surface area contributed by atoms with Crippen LogP contribution in [0.3, 0.4) is 0 Å². The first-order valence-corrected chi connectivity index (χ1v) is 4.31. The molecule has 0 unspecified atom stereocenters. The van der Waals surface area contributed by atoms with Crippen LogP contribution in [0.4, 0.5) is 0 Å². The fraction of sp³-hybridized carbons (Fsp3) is 0.286. The number of aromatic nitrogens is 4. The molecule has 0 radical (unpaired) electrons. The molecule has 2 N–H and O–H groups in total. The number of rotatable bonds is 1. The molecule has 2 aromatic heterocycles. The average Bonchev–Trinajstić information content (AvgIpc) is 2.43. The fourth-order valence-electron chi connectivity index (χ4n) is 1.27. The Morgan fingerprint density at radius 1 is 1.69 bits per heavy atom. The van der Waals surface area contributed by atoms with Crippen molar-refractivity contribution >= 4 is 23.4 Å². The molecule has 0 saturated carbocycles. The quantitative estimate of drug-likeness (QED) is 0.663. The van der Waals surface area contributed by atoms with Gasteiger partial charge in [-0.15, -0.1) is 0 Å². The third kappa shape index (κ3) is 1.10. The second kappa shape index (κ2) is 2.81. The number of nitrogens with zero attached hydrogens (tertiary/aromatic N) is 2. The van der Waals surface area contributed by atoms with Crippen LogP contribution in [0.1, 0.15) is 6.92 Å². The summed E-state index contributed by atoms with van der Waals surface area (Å²) in [7, 11) is 0. The molecule has 0 spiro atoms. The Labute approximate surface area is 78.4 Å². The van der Waals surface area contributed by atoms with Crippen LogP contribution in [0.2, 0.25) is 0 Å². The Kier molecular flexibility index (Phi) is 1.77. The van der Waals surface area contributed by atoms with Crippen LogP contribution in [-0.4, -0.2) is 19.5 Å². The number of hydrogen-bond donors (Lipinski definition) is 2. The minimum Gasteiger partial charge on any atom is -0.325 e. The summed E-state index contributed by atoms with van der Waals surface area (Å²) in [6.45, 7) is 2.65. The Hall–Kier alpha value is -1.43. The minimum absolute atomic E-state index is 0.191. The summed E-state index contributed by atoms with van der Waals surface area (Å²) in [6.07, 6.45) is 1.37. The van der Waals surface area contributed by atoms with Crippen molar-refractivity contribution in [3.05, 3.63) is 21.5 Å². The number of nitrogens with one attached hydrogen (secondary N) is 2. The second-order valence-electron chi connectivity index (χ2n) is 2.60. The number of H-pyrrole nitrogens is 2. The van der Waals surface area contributed by atoms with E-state index in [1.165, 1.54) is 6.33 Å². The summed E-state index contributed by atoms with van der Waals surface area (Å²) in [5.74, 6) is 0. The maximum Gasteiger partial charge on any atom is 0.276 e. The Balaban J connectivity index is 3.03. The van der Waals surface area contributed by atoms with Crippen molar-refractivity contribution in [2.24, 2.45) is 0 Å². The number of fused-ring (bicyclic) bond motifs is 1. The highest BCUT2D eigenvalue weighted by Gasteiger charge is 2.05. The summed E-state index contributed by atoms with van der Waals surface area (Å²) in [6, 6.07) is 0. The lowest BCUT2D eigenvalue weighted by molar-refractivity contribution is 0.765. The molecule has 13 heavy (non-hydrogen) atoms. The molecule has 0 atom stereocenters. The van der Waals surface area contributed by atoms with Gasteiger partial charge in [0.1, 0.15) is 0 Å². The van der Waals surface area contributed by atoms with E-state index in [0.29, 0.717) is 22.5 Å². The molecule has 2 heterocycles. The maximum atomic E-state index is 11.3. The number of aryl methyl sites for hydroxylation is 1. The van der Waals surface area contributed by atoms with Crippen molar-refractivity contribution in [1.82, 2.24) is 19.5 Å². The van der Waals surface area contributed by atoms with Gasteiger partial charge in [0.2, 0.25) is 0 Å². The van der Waals surface area contributed by atoms with Gasteiger partial charge in [0, 0.05) is 6.54 Å². The van der Waals surface area contributed by atoms with Gasteiger partial charge in [-0.05, 0) is 19.1 Å². The van der Waals surface area contributed by atoms with Crippen LogP contribution in [-0.2, 0) is 6.54 Å². The fourth-order valence-corrected chi connectivity index (χ4v) is 1.59. The van der Waals surface area contributed by atoms with Crippen LogP contribution >= 0.6 is 12.2 Å². The molecule has 0 aliphatic carbocycles. The molecule has 0 amide bonds. The smallest absolute Gasteiger partial charge is 0.276 e. The third-order valence-electron chi connectivity index (χ3n) is 1.88. The maximum absolute atomic E-state index is 11.3. The Bertz CT molecular complexity index is 549. The summed E-state index contributed by atoms with van der Waals surface area (Å²) in [5.41, 5.74) is 0.855. The van der Waals surface area contributed by atoms with Gasteiger partial charge >= 0.3 is 0 Å². The van der Waals surface area contributed by atoms with E-state index in [9.17, 15) is 4.79 Å². The largest absolute Gasteiger partial charge is 0.325 e. The van der Waals surface area contributed by atoms with Crippen LogP contribution in [0.15, 0.2) is 11.1 Å². The van der Waals surface area contributed by atoms with Crippen LogP contribution < -0.4 is 5.56 Å². The molecule has 0 bridgehead atoms. The van der Waals surface area contributed by atoms with Gasteiger partial charge in [0.15, 0.2) is 15.9 Å². The van der Waals surface area contributed by atoms with Gasteiger partial charge in [-0.3, -0.25) is 4.79 Å². The van der Waals surface area contributed by atoms with E-state index in [4.69, 9.17) is 12.2 Å². The Morgan fingerprint density at radius 2 is 2.46 bits per heavy atom. The van der Waals surface area contributed by atoms with Crippen LogP contribution in [0.25, 0.3) is 11.2 Å². The van der Waals surface area contributed by atoms with Gasteiger partial charge in [0.25, 0.3) is 5.56 Å². The number of hydrogen-bond acceptors (Lipinski definition) is 3. The van der Waals surface area contributed by atoms with Crippen molar-refractivity contribution in [3.63, 3.8) is 0 Å². The zero-order valence-corrected chi connectivity index (χ0v) is 7.81. The molecule has 0 aromatic carbocycles. The van der Waals surface area contributed by atoms with Gasteiger partial charge in [-0.1, -0.05) is 0 Å². The van der Waals surface area contributed by atoms with Crippen LogP contribution in [0.5, 0.6) is 0 Å². The summed E-state index contributed by atoms with van der Waals surface area (Å²) >= 11 is 5.03. The first-order chi connectivity index (χ1) is 6.24. The number of imidazole rings is 1. The van der Waals surface area contributed by atoms with E-state index in [0.717, 1.165) is 0 Å². The molecular weight excluding hydrogens is 188 g/mol. The molecule has 6 heteroatoms. The topological polar surface area (TPSA) is 66.5 Å².